The standard InChI is InChI=1S/C14H17NO6/c1-3-19-13(17)6-7-14(18)21-9-12(16)15-10(2)11-5-4-8-20-11/h4-8,10H,3,9H2,1-2H3,(H,15,16)/b7-6+/t10-/m1/s1. The largest absolute Gasteiger partial charge is 0.467 e. The van der Waals surface area contributed by atoms with E-state index in [1.165, 1.54) is 6.26 Å². The van der Waals surface area contributed by atoms with Crippen LogP contribution in [0.4, 0.5) is 0 Å². The van der Waals surface area contributed by atoms with Gasteiger partial charge in [0, 0.05) is 12.2 Å². The summed E-state index contributed by atoms with van der Waals surface area (Å²) in [5.41, 5.74) is 0. The Morgan fingerprint density at radius 2 is 1.95 bits per heavy atom. The molecule has 1 rings (SSSR count). The summed E-state index contributed by atoms with van der Waals surface area (Å²) in [6.45, 7) is 3.15. The van der Waals surface area contributed by atoms with Gasteiger partial charge in [0.05, 0.1) is 18.9 Å². The number of esters is 2. The number of carbonyl (C=O) groups is 3. The van der Waals surface area contributed by atoms with Crippen LogP contribution >= 0.6 is 0 Å². The summed E-state index contributed by atoms with van der Waals surface area (Å²) in [5.74, 6) is -1.33. The summed E-state index contributed by atoms with van der Waals surface area (Å²) >= 11 is 0. The van der Waals surface area contributed by atoms with Gasteiger partial charge in [-0.3, -0.25) is 4.79 Å². The maximum absolute atomic E-state index is 11.5. The molecule has 1 N–H and O–H groups in total. The van der Waals surface area contributed by atoms with Crippen LogP contribution < -0.4 is 5.32 Å². The predicted molar refractivity (Wildman–Crippen MR) is 72.0 cm³/mol. The van der Waals surface area contributed by atoms with E-state index in [1.807, 2.05) is 0 Å². The van der Waals surface area contributed by atoms with Gasteiger partial charge >= 0.3 is 11.9 Å². The second-order valence-corrected chi connectivity index (χ2v) is 4.00. The molecule has 0 unspecified atom stereocenters. The third-order valence-corrected chi connectivity index (χ3v) is 2.34. The van der Waals surface area contributed by atoms with E-state index in [4.69, 9.17) is 4.42 Å². The molecule has 0 aliphatic rings. The van der Waals surface area contributed by atoms with Gasteiger partial charge in [-0.1, -0.05) is 0 Å². The Morgan fingerprint density at radius 1 is 1.29 bits per heavy atom. The molecule has 7 heteroatoms. The number of nitrogens with one attached hydrogen (secondary N) is 1. The van der Waals surface area contributed by atoms with Gasteiger partial charge in [0.25, 0.3) is 5.91 Å². The van der Waals surface area contributed by atoms with E-state index in [-0.39, 0.29) is 12.6 Å². The van der Waals surface area contributed by atoms with E-state index >= 15 is 0 Å². The molecule has 114 valence electrons. The third kappa shape index (κ3) is 6.42. The molecular weight excluding hydrogens is 278 g/mol. The smallest absolute Gasteiger partial charge is 0.331 e. The molecule has 1 aromatic rings. The lowest BCUT2D eigenvalue weighted by molar-refractivity contribution is -0.144. The van der Waals surface area contributed by atoms with E-state index in [0.29, 0.717) is 5.76 Å². The van der Waals surface area contributed by atoms with Crippen LogP contribution in [0.1, 0.15) is 25.6 Å². The molecule has 1 aromatic heterocycles. The maximum atomic E-state index is 11.5. The zero-order valence-electron chi connectivity index (χ0n) is 11.8. The fourth-order valence-electron chi connectivity index (χ4n) is 1.40. The Bertz CT molecular complexity index is 506. The number of hydrogen-bond acceptors (Lipinski definition) is 6. The Hall–Kier alpha value is -2.57. The van der Waals surface area contributed by atoms with Crippen LogP contribution in [0.3, 0.4) is 0 Å². The van der Waals surface area contributed by atoms with E-state index in [9.17, 15) is 14.4 Å². The molecule has 0 aromatic carbocycles. The minimum absolute atomic E-state index is 0.214. The van der Waals surface area contributed by atoms with Crippen molar-refractivity contribution < 1.29 is 28.3 Å². The van der Waals surface area contributed by atoms with Gasteiger partial charge in [0.1, 0.15) is 5.76 Å². The molecule has 1 atom stereocenters. The van der Waals surface area contributed by atoms with Crippen molar-refractivity contribution in [1.29, 1.82) is 0 Å². The van der Waals surface area contributed by atoms with E-state index in [1.54, 1.807) is 26.0 Å². The van der Waals surface area contributed by atoms with Crippen LogP contribution in [0.2, 0.25) is 0 Å². The highest BCUT2D eigenvalue weighted by Gasteiger charge is 2.12. The first-order valence-corrected chi connectivity index (χ1v) is 6.37. The summed E-state index contributed by atoms with van der Waals surface area (Å²) in [4.78, 5) is 33.8. The number of rotatable bonds is 7. The molecule has 0 spiro atoms. The lowest BCUT2D eigenvalue weighted by atomic mass is 10.2. The molecular formula is C14H17NO6. The summed E-state index contributed by atoms with van der Waals surface area (Å²) in [5, 5.41) is 2.60. The molecule has 1 heterocycles. The highest BCUT2D eigenvalue weighted by Crippen LogP contribution is 2.11. The maximum Gasteiger partial charge on any atom is 0.331 e. The lowest BCUT2D eigenvalue weighted by Gasteiger charge is -2.10. The van der Waals surface area contributed by atoms with Crippen molar-refractivity contribution in [1.82, 2.24) is 5.32 Å². The molecule has 0 bridgehead atoms. The highest BCUT2D eigenvalue weighted by atomic mass is 16.5. The van der Waals surface area contributed by atoms with Crippen LogP contribution in [-0.4, -0.2) is 31.1 Å². The Kier molecular flexibility index (Phi) is 6.73. The van der Waals surface area contributed by atoms with Crippen LogP contribution in [0, 0.1) is 0 Å². The van der Waals surface area contributed by atoms with Gasteiger partial charge < -0.3 is 19.2 Å². The molecule has 0 saturated heterocycles. The third-order valence-electron chi connectivity index (χ3n) is 2.34. The van der Waals surface area contributed by atoms with Crippen LogP contribution in [0.25, 0.3) is 0 Å². The van der Waals surface area contributed by atoms with Crippen molar-refractivity contribution in [3.8, 4) is 0 Å². The topological polar surface area (TPSA) is 94.8 Å². The van der Waals surface area contributed by atoms with Crippen molar-refractivity contribution in [3.05, 3.63) is 36.3 Å². The predicted octanol–water partition coefficient (Wildman–Crippen LogP) is 1.12. The van der Waals surface area contributed by atoms with Crippen molar-refractivity contribution in [2.24, 2.45) is 0 Å². The summed E-state index contributed by atoms with van der Waals surface area (Å²) in [6, 6.07) is 3.10. The number of amides is 1. The first-order chi connectivity index (χ1) is 10.0. The second-order valence-electron chi connectivity index (χ2n) is 4.00. The number of ether oxygens (including phenoxy) is 2. The molecule has 1 amide bonds. The average Bonchev–Trinajstić information content (AvgIpc) is 2.97. The summed E-state index contributed by atoms with van der Waals surface area (Å²) in [6.07, 6.45) is 3.34. The van der Waals surface area contributed by atoms with Crippen molar-refractivity contribution in [2.45, 2.75) is 19.9 Å². The fourth-order valence-corrected chi connectivity index (χ4v) is 1.40. The van der Waals surface area contributed by atoms with Crippen molar-refractivity contribution in [3.63, 3.8) is 0 Å². The van der Waals surface area contributed by atoms with Crippen LogP contribution in [0.15, 0.2) is 35.0 Å². The van der Waals surface area contributed by atoms with Crippen LogP contribution in [0.5, 0.6) is 0 Å². The van der Waals surface area contributed by atoms with Gasteiger partial charge in [-0.2, -0.15) is 0 Å². The molecule has 7 nitrogen and oxygen atoms in total. The van der Waals surface area contributed by atoms with Gasteiger partial charge in [-0.25, -0.2) is 9.59 Å². The molecule has 21 heavy (non-hydrogen) atoms. The normalized spacial score (nSPS) is 11.9. The quantitative estimate of drug-likeness (QED) is 0.598. The SMILES string of the molecule is CCOC(=O)/C=C/C(=O)OCC(=O)N[C@H](C)c1ccco1. The summed E-state index contributed by atoms with van der Waals surface area (Å²) < 4.78 is 14.4. The number of hydrogen-bond donors (Lipinski definition) is 1. The first-order valence-electron chi connectivity index (χ1n) is 6.37. The zero-order valence-corrected chi connectivity index (χ0v) is 11.8. The van der Waals surface area contributed by atoms with Gasteiger partial charge in [-0.05, 0) is 26.0 Å². The molecule has 0 aliphatic heterocycles. The molecule has 0 radical (unpaired) electrons. The minimum atomic E-state index is -0.802. The average molecular weight is 295 g/mol. The number of furan rings is 1. The highest BCUT2D eigenvalue weighted by molar-refractivity contribution is 5.92. The van der Waals surface area contributed by atoms with E-state index in [0.717, 1.165) is 12.2 Å². The Morgan fingerprint density at radius 3 is 2.52 bits per heavy atom. The first kappa shape index (κ1) is 16.5. The molecule has 0 saturated carbocycles. The summed E-state index contributed by atoms with van der Waals surface area (Å²) in [7, 11) is 0. The van der Waals surface area contributed by atoms with E-state index < -0.39 is 24.5 Å². The van der Waals surface area contributed by atoms with Crippen LogP contribution in [-0.2, 0) is 23.9 Å². The van der Waals surface area contributed by atoms with Gasteiger partial charge in [0.15, 0.2) is 6.61 Å². The van der Waals surface area contributed by atoms with Crippen molar-refractivity contribution >= 4 is 17.8 Å². The Balaban J connectivity index is 2.29. The van der Waals surface area contributed by atoms with Crippen molar-refractivity contribution in [2.75, 3.05) is 13.2 Å². The fraction of sp³-hybridized carbons (Fsp3) is 0.357. The molecule has 0 fully saturated rings. The lowest BCUT2D eigenvalue weighted by Crippen LogP contribution is -2.30. The Labute approximate surface area is 121 Å². The molecule has 0 aliphatic carbocycles. The van der Waals surface area contributed by atoms with Gasteiger partial charge in [0.2, 0.25) is 0 Å². The minimum Gasteiger partial charge on any atom is -0.467 e. The number of carbonyl (C=O) groups excluding carboxylic acids is 3. The van der Waals surface area contributed by atoms with Gasteiger partial charge in [-0.15, -0.1) is 0 Å². The zero-order chi connectivity index (χ0) is 15.7. The monoisotopic (exact) mass is 295 g/mol. The van der Waals surface area contributed by atoms with E-state index in [2.05, 4.69) is 14.8 Å². The second kappa shape index (κ2) is 8.57.